The highest BCUT2D eigenvalue weighted by Gasteiger charge is 2.34. The van der Waals surface area contributed by atoms with E-state index in [0.29, 0.717) is 25.3 Å². The van der Waals surface area contributed by atoms with Gasteiger partial charge in [-0.3, -0.25) is 4.79 Å². The Bertz CT molecular complexity index is 942. The first kappa shape index (κ1) is 21.3. The van der Waals surface area contributed by atoms with Crippen LogP contribution in [0.15, 0.2) is 53.4 Å². The summed E-state index contributed by atoms with van der Waals surface area (Å²) in [4.78, 5) is 12.8. The molecule has 1 saturated heterocycles. The summed E-state index contributed by atoms with van der Waals surface area (Å²) in [5.41, 5.74) is 1.89. The van der Waals surface area contributed by atoms with Crippen molar-refractivity contribution in [2.45, 2.75) is 50.1 Å². The summed E-state index contributed by atoms with van der Waals surface area (Å²) >= 11 is 0. The van der Waals surface area contributed by atoms with Gasteiger partial charge in [0, 0.05) is 31.1 Å². The minimum Gasteiger partial charge on any atom is -0.496 e. The molecule has 3 rings (SSSR count). The van der Waals surface area contributed by atoms with E-state index in [9.17, 15) is 13.2 Å². The van der Waals surface area contributed by atoms with E-state index >= 15 is 0 Å². The highest BCUT2D eigenvalue weighted by atomic mass is 32.2. The van der Waals surface area contributed by atoms with Crippen LogP contribution in [0.4, 0.5) is 0 Å². The lowest BCUT2D eigenvalue weighted by Crippen LogP contribution is -2.45. The molecule has 0 unspecified atom stereocenters. The van der Waals surface area contributed by atoms with Crippen molar-refractivity contribution >= 4 is 15.9 Å². The number of hydrogen-bond acceptors (Lipinski definition) is 4. The average Bonchev–Trinajstić information content (AvgIpc) is 2.73. The Kier molecular flexibility index (Phi) is 6.92. The molecule has 1 amide bonds. The van der Waals surface area contributed by atoms with Crippen LogP contribution in [0.5, 0.6) is 5.75 Å². The molecule has 0 spiro atoms. The summed E-state index contributed by atoms with van der Waals surface area (Å²) < 4.78 is 33.1. The molecule has 2 aromatic rings. The quantitative estimate of drug-likeness (QED) is 0.752. The van der Waals surface area contributed by atoms with Gasteiger partial charge >= 0.3 is 0 Å². The van der Waals surface area contributed by atoms with Crippen LogP contribution in [0.2, 0.25) is 0 Å². The normalized spacial score (nSPS) is 17.7. The van der Waals surface area contributed by atoms with Gasteiger partial charge in [0.25, 0.3) is 0 Å². The number of amides is 1. The van der Waals surface area contributed by atoms with Crippen LogP contribution in [-0.4, -0.2) is 38.3 Å². The number of rotatable bonds is 7. The largest absolute Gasteiger partial charge is 0.496 e. The molecule has 0 bridgehead atoms. The molecule has 0 aromatic heterocycles. The number of para-hydroxylation sites is 1. The fourth-order valence-electron chi connectivity index (χ4n) is 3.67. The number of sulfonamides is 1. The maximum absolute atomic E-state index is 13.1. The predicted molar refractivity (Wildman–Crippen MR) is 112 cm³/mol. The lowest BCUT2D eigenvalue weighted by atomic mass is 10.0. The summed E-state index contributed by atoms with van der Waals surface area (Å²) in [7, 11) is -2.02. The molecule has 1 heterocycles. The number of nitrogens with one attached hydrogen (secondary N) is 1. The first-order valence-corrected chi connectivity index (χ1v) is 11.3. The Labute approximate surface area is 172 Å². The Morgan fingerprint density at radius 1 is 1.14 bits per heavy atom. The van der Waals surface area contributed by atoms with Crippen molar-refractivity contribution < 1.29 is 17.9 Å². The molecule has 1 atom stereocenters. The molecule has 7 heteroatoms. The predicted octanol–water partition coefficient (Wildman–Crippen LogP) is 3.25. The highest BCUT2D eigenvalue weighted by molar-refractivity contribution is 7.89. The third-order valence-corrected chi connectivity index (χ3v) is 7.26. The highest BCUT2D eigenvalue weighted by Crippen LogP contribution is 2.27. The van der Waals surface area contributed by atoms with Crippen molar-refractivity contribution in [1.82, 2.24) is 9.62 Å². The van der Waals surface area contributed by atoms with Gasteiger partial charge in [0.2, 0.25) is 15.9 Å². The molecular weight excluding hydrogens is 388 g/mol. The van der Waals surface area contributed by atoms with E-state index in [1.54, 1.807) is 31.4 Å². The van der Waals surface area contributed by atoms with E-state index in [-0.39, 0.29) is 23.3 Å². The smallest absolute Gasteiger partial charge is 0.243 e. The van der Waals surface area contributed by atoms with Crippen LogP contribution >= 0.6 is 0 Å². The summed E-state index contributed by atoms with van der Waals surface area (Å²) in [5.74, 6) is 0.556. The van der Waals surface area contributed by atoms with Crippen LogP contribution in [0.25, 0.3) is 0 Å². The second-order valence-corrected chi connectivity index (χ2v) is 9.26. The van der Waals surface area contributed by atoms with Gasteiger partial charge in [0.1, 0.15) is 5.75 Å². The van der Waals surface area contributed by atoms with Crippen LogP contribution < -0.4 is 10.1 Å². The van der Waals surface area contributed by atoms with Crippen LogP contribution in [0.3, 0.4) is 0 Å². The number of nitrogens with zero attached hydrogens (tertiary/aromatic N) is 1. The second-order valence-electron chi connectivity index (χ2n) is 7.37. The molecule has 0 saturated carbocycles. The van der Waals surface area contributed by atoms with Crippen molar-refractivity contribution in [3.63, 3.8) is 0 Å². The summed E-state index contributed by atoms with van der Waals surface area (Å²) in [6, 6.07) is 14.0. The monoisotopic (exact) mass is 416 g/mol. The summed E-state index contributed by atoms with van der Waals surface area (Å²) in [6.07, 6.45) is 2.57. The van der Waals surface area contributed by atoms with E-state index in [4.69, 9.17) is 4.74 Å². The van der Waals surface area contributed by atoms with Gasteiger partial charge in [-0.15, -0.1) is 0 Å². The SMILES string of the molecule is COc1ccccc1CNC(=O)C[C@@H]1CCCCN1S(=O)(=O)c1ccc(C)cc1. The number of piperidine rings is 1. The van der Waals surface area contributed by atoms with Gasteiger partial charge in [-0.2, -0.15) is 4.31 Å². The van der Waals surface area contributed by atoms with Crippen molar-refractivity contribution in [3.8, 4) is 5.75 Å². The van der Waals surface area contributed by atoms with E-state index in [1.807, 2.05) is 31.2 Å². The third-order valence-electron chi connectivity index (χ3n) is 5.29. The molecule has 0 aliphatic carbocycles. The lowest BCUT2D eigenvalue weighted by Gasteiger charge is -2.34. The molecule has 0 radical (unpaired) electrons. The number of aryl methyl sites for hydroxylation is 1. The van der Waals surface area contributed by atoms with Crippen molar-refractivity contribution in [1.29, 1.82) is 0 Å². The molecule has 2 aromatic carbocycles. The molecular formula is C22H28N2O4S. The molecule has 6 nitrogen and oxygen atoms in total. The summed E-state index contributed by atoms with van der Waals surface area (Å²) in [6.45, 7) is 2.72. The Balaban J connectivity index is 1.68. The first-order valence-electron chi connectivity index (χ1n) is 9.89. The van der Waals surface area contributed by atoms with Crippen molar-refractivity contribution in [2.75, 3.05) is 13.7 Å². The van der Waals surface area contributed by atoms with Gasteiger partial charge < -0.3 is 10.1 Å². The van der Waals surface area contributed by atoms with Gasteiger partial charge in [-0.1, -0.05) is 42.3 Å². The second kappa shape index (κ2) is 9.41. The number of ether oxygens (including phenoxy) is 1. The van der Waals surface area contributed by atoms with Gasteiger partial charge in [-0.05, 0) is 38.0 Å². The van der Waals surface area contributed by atoms with E-state index in [1.165, 1.54) is 4.31 Å². The standard InChI is InChI=1S/C22H28N2O4S/c1-17-10-12-20(13-11-17)29(26,27)24-14-6-5-8-19(24)15-22(25)23-16-18-7-3-4-9-21(18)28-2/h3-4,7,9-13,19H,5-6,8,14-16H2,1-2H3,(H,23,25)/t19-/m0/s1. The Morgan fingerprint density at radius 3 is 2.59 bits per heavy atom. The third kappa shape index (κ3) is 5.16. The minimum atomic E-state index is -3.62. The summed E-state index contributed by atoms with van der Waals surface area (Å²) in [5, 5.41) is 2.90. The number of carbonyl (C=O) groups excluding carboxylic acids is 1. The molecule has 1 N–H and O–H groups in total. The Morgan fingerprint density at radius 2 is 1.86 bits per heavy atom. The zero-order valence-electron chi connectivity index (χ0n) is 16.9. The van der Waals surface area contributed by atoms with Gasteiger partial charge in [0.05, 0.1) is 12.0 Å². The van der Waals surface area contributed by atoms with Gasteiger partial charge in [-0.25, -0.2) is 8.42 Å². The molecule has 156 valence electrons. The minimum absolute atomic E-state index is 0.153. The zero-order chi connectivity index (χ0) is 20.9. The molecule has 1 aliphatic rings. The van der Waals surface area contributed by atoms with Crippen LogP contribution in [0.1, 0.15) is 36.8 Å². The van der Waals surface area contributed by atoms with Gasteiger partial charge in [0.15, 0.2) is 0 Å². The van der Waals surface area contributed by atoms with E-state index in [2.05, 4.69) is 5.32 Å². The maximum Gasteiger partial charge on any atom is 0.243 e. The average molecular weight is 417 g/mol. The number of methoxy groups -OCH3 is 1. The van der Waals surface area contributed by atoms with E-state index in [0.717, 1.165) is 24.0 Å². The van der Waals surface area contributed by atoms with Crippen molar-refractivity contribution in [2.24, 2.45) is 0 Å². The molecule has 29 heavy (non-hydrogen) atoms. The molecule has 1 aliphatic heterocycles. The number of benzene rings is 2. The van der Waals surface area contributed by atoms with Crippen LogP contribution in [-0.2, 0) is 21.4 Å². The topological polar surface area (TPSA) is 75.7 Å². The number of carbonyl (C=O) groups is 1. The fraction of sp³-hybridized carbons (Fsp3) is 0.409. The number of hydrogen-bond donors (Lipinski definition) is 1. The lowest BCUT2D eigenvalue weighted by molar-refractivity contribution is -0.122. The van der Waals surface area contributed by atoms with Crippen molar-refractivity contribution in [3.05, 3.63) is 59.7 Å². The zero-order valence-corrected chi connectivity index (χ0v) is 17.7. The fourth-order valence-corrected chi connectivity index (χ4v) is 5.36. The maximum atomic E-state index is 13.1. The first-order chi connectivity index (χ1) is 13.9. The Hall–Kier alpha value is -2.38. The van der Waals surface area contributed by atoms with Crippen LogP contribution in [0, 0.1) is 6.92 Å². The molecule has 1 fully saturated rings. The van der Waals surface area contributed by atoms with E-state index < -0.39 is 10.0 Å².